The number of methoxy groups -OCH3 is 1. The van der Waals surface area contributed by atoms with Crippen LogP contribution in [0.5, 0.6) is 0 Å². The first kappa shape index (κ1) is 24.1. The van der Waals surface area contributed by atoms with Crippen LogP contribution in [-0.4, -0.2) is 88.2 Å². The number of carbonyl (C=O) groups excluding carboxylic acids is 1. The van der Waals surface area contributed by atoms with Gasteiger partial charge in [-0.15, -0.1) is 24.0 Å². The molecule has 0 bridgehead atoms. The Morgan fingerprint density at radius 2 is 2.07 bits per heavy atom. The molecule has 154 valence electrons. The zero-order chi connectivity index (χ0) is 18.8. The maximum atomic E-state index is 11.9. The molecule has 0 spiro atoms. The average Bonchev–Trinajstić information content (AvgIpc) is 3.18. The van der Waals surface area contributed by atoms with Crippen LogP contribution in [0.1, 0.15) is 18.4 Å². The van der Waals surface area contributed by atoms with E-state index >= 15 is 0 Å². The zero-order valence-electron chi connectivity index (χ0n) is 16.4. The summed E-state index contributed by atoms with van der Waals surface area (Å²) < 4.78 is 4.94. The lowest BCUT2D eigenvalue weighted by molar-refractivity contribution is -0.122. The topological polar surface area (TPSA) is 69.2 Å². The minimum Gasteiger partial charge on any atom is -0.383 e. The highest BCUT2D eigenvalue weighted by Crippen LogP contribution is 2.17. The van der Waals surface area contributed by atoms with Crippen molar-refractivity contribution in [2.75, 3.05) is 66.6 Å². The molecule has 1 aliphatic rings. The number of aliphatic imine (C=N–C) groups is 1. The molecule has 2 heterocycles. The number of nitrogens with zero attached hydrogens (tertiary/aromatic N) is 3. The van der Waals surface area contributed by atoms with E-state index in [1.165, 1.54) is 5.56 Å². The van der Waals surface area contributed by atoms with Gasteiger partial charge in [-0.05, 0) is 28.3 Å². The fourth-order valence-corrected chi connectivity index (χ4v) is 3.70. The molecule has 1 unspecified atom stereocenters. The number of amides is 1. The summed E-state index contributed by atoms with van der Waals surface area (Å²) in [5, 5.41) is 10.7. The number of hydrogen-bond donors (Lipinski definition) is 2. The Bertz CT molecular complexity index is 562. The Labute approximate surface area is 183 Å². The molecule has 0 aromatic carbocycles. The molecule has 2 rings (SSSR count). The molecule has 0 saturated carbocycles. The maximum Gasteiger partial charge on any atom is 0.234 e. The lowest BCUT2D eigenvalue weighted by atomic mass is 10.1. The number of carbonyl (C=O) groups is 1. The second-order valence-electron chi connectivity index (χ2n) is 6.49. The molecule has 1 aromatic heterocycles. The average molecular weight is 509 g/mol. The summed E-state index contributed by atoms with van der Waals surface area (Å²) in [6.45, 7) is 8.11. The van der Waals surface area contributed by atoms with Crippen LogP contribution in [0.15, 0.2) is 21.8 Å². The van der Waals surface area contributed by atoms with Crippen LogP contribution in [0.25, 0.3) is 0 Å². The molecule has 27 heavy (non-hydrogen) atoms. The van der Waals surface area contributed by atoms with E-state index in [1.807, 2.05) is 7.05 Å². The first-order valence-corrected chi connectivity index (χ1v) is 10.0. The molecule has 2 N–H and O–H groups in total. The molecule has 1 amide bonds. The van der Waals surface area contributed by atoms with Crippen molar-refractivity contribution in [3.8, 4) is 0 Å². The monoisotopic (exact) mass is 509 g/mol. The van der Waals surface area contributed by atoms with Gasteiger partial charge in [0, 0.05) is 53.4 Å². The summed E-state index contributed by atoms with van der Waals surface area (Å²) in [6.07, 6.45) is 0. The molecule has 1 fully saturated rings. The van der Waals surface area contributed by atoms with E-state index < -0.39 is 0 Å². The van der Waals surface area contributed by atoms with Crippen molar-refractivity contribution < 1.29 is 9.53 Å². The van der Waals surface area contributed by atoms with Gasteiger partial charge in [0.15, 0.2) is 5.96 Å². The van der Waals surface area contributed by atoms with Gasteiger partial charge in [-0.1, -0.05) is 6.92 Å². The second kappa shape index (κ2) is 13.3. The molecule has 7 nitrogen and oxygen atoms in total. The molecule has 1 saturated heterocycles. The fourth-order valence-electron chi connectivity index (χ4n) is 2.92. The first-order valence-electron chi connectivity index (χ1n) is 9.09. The Hall–Kier alpha value is -0.910. The van der Waals surface area contributed by atoms with Gasteiger partial charge in [0.2, 0.25) is 5.91 Å². The van der Waals surface area contributed by atoms with Gasteiger partial charge in [0.05, 0.1) is 13.2 Å². The third-order valence-electron chi connectivity index (χ3n) is 4.56. The van der Waals surface area contributed by atoms with Gasteiger partial charge in [0.25, 0.3) is 0 Å². The molecule has 1 aliphatic heterocycles. The highest BCUT2D eigenvalue weighted by molar-refractivity contribution is 14.0. The molecule has 0 radical (unpaired) electrons. The van der Waals surface area contributed by atoms with Gasteiger partial charge in [-0.2, -0.15) is 11.3 Å². The number of nitrogens with one attached hydrogen (secondary N) is 2. The normalized spacial score (nSPS) is 16.6. The maximum absolute atomic E-state index is 11.9. The summed E-state index contributed by atoms with van der Waals surface area (Å²) >= 11 is 1.73. The molecule has 0 aliphatic carbocycles. The Morgan fingerprint density at radius 3 is 2.67 bits per heavy atom. The minimum absolute atomic E-state index is 0. The van der Waals surface area contributed by atoms with Crippen LogP contribution in [0.4, 0.5) is 0 Å². The Morgan fingerprint density at radius 1 is 1.33 bits per heavy atom. The smallest absolute Gasteiger partial charge is 0.234 e. The summed E-state index contributed by atoms with van der Waals surface area (Å²) in [7, 11) is 3.46. The van der Waals surface area contributed by atoms with E-state index in [0.29, 0.717) is 25.6 Å². The van der Waals surface area contributed by atoms with Crippen LogP contribution < -0.4 is 10.6 Å². The third-order valence-corrected chi connectivity index (χ3v) is 5.26. The van der Waals surface area contributed by atoms with Crippen LogP contribution in [0.2, 0.25) is 0 Å². The highest BCUT2D eigenvalue weighted by Gasteiger charge is 2.21. The third kappa shape index (κ3) is 8.32. The second-order valence-corrected chi connectivity index (χ2v) is 7.27. The van der Waals surface area contributed by atoms with Crippen LogP contribution in [0, 0.1) is 0 Å². The highest BCUT2D eigenvalue weighted by atomic mass is 127. The van der Waals surface area contributed by atoms with E-state index in [0.717, 1.165) is 38.7 Å². The predicted molar refractivity (Wildman–Crippen MR) is 122 cm³/mol. The SMILES string of the molecule is CN=C(NCC(C)c1ccsc1)N1CCN(CC(=O)NCCOC)CC1.I. The minimum atomic E-state index is 0. The van der Waals surface area contributed by atoms with Crippen LogP contribution >= 0.6 is 35.3 Å². The number of hydrogen-bond acceptors (Lipinski definition) is 5. The molecule has 9 heteroatoms. The lowest BCUT2D eigenvalue weighted by Crippen LogP contribution is -2.54. The van der Waals surface area contributed by atoms with Crippen molar-refractivity contribution in [3.05, 3.63) is 22.4 Å². The fraction of sp³-hybridized carbons (Fsp3) is 0.667. The van der Waals surface area contributed by atoms with Crippen molar-refractivity contribution in [1.29, 1.82) is 0 Å². The number of ether oxygens (including phenoxy) is 1. The lowest BCUT2D eigenvalue weighted by Gasteiger charge is -2.36. The van der Waals surface area contributed by atoms with Gasteiger partial charge in [0.1, 0.15) is 0 Å². The van der Waals surface area contributed by atoms with Crippen molar-refractivity contribution in [2.45, 2.75) is 12.8 Å². The number of guanidine groups is 1. The standard InChI is InChI=1S/C18H31N5O2S.HI/c1-15(16-4-11-26-14-16)12-21-18(19-2)23-8-6-22(7-9-23)13-17(24)20-5-10-25-3;/h4,11,14-15H,5-10,12-13H2,1-3H3,(H,19,21)(H,20,24);1H. The van der Waals surface area contributed by atoms with Gasteiger partial charge in [-0.3, -0.25) is 14.7 Å². The molecular formula is C18H32IN5O2S. The largest absolute Gasteiger partial charge is 0.383 e. The van der Waals surface area contributed by atoms with E-state index in [2.05, 4.69) is 49.2 Å². The summed E-state index contributed by atoms with van der Waals surface area (Å²) in [5.74, 6) is 1.45. The number of thiophene rings is 1. The van der Waals surface area contributed by atoms with Gasteiger partial charge in [-0.25, -0.2) is 0 Å². The first-order chi connectivity index (χ1) is 12.6. The molecule has 1 atom stereocenters. The van der Waals surface area contributed by atoms with Crippen molar-refractivity contribution in [1.82, 2.24) is 20.4 Å². The van der Waals surface area contributed by atoms with E-state index in [1.54, 1.807) is 18.4 Å². The predicted octanol–water partition coefficient (Wildman–Crippen LogP) is 1.43. The summed E-state index contributed by atoms with van der Waals surface area (Å²) in [6, 6.07) is 2.18. The zero-order valence-corrected chi connectivity index (χ0v) is 19.6. The molecule has 1 aromatic rings. The van der Waals surface area contributed by atoms with Gasteiger partial charge >= 0.3 is 0 Å². The van der Waals surface area contributed by atoms with E-state index in [-0.39, 0.29) is 29.9 Å². The van der Waals surface area contributed by atoms with Crippen molar-refractivity contribution in [3.63, 3.8) is 0 Å². The molecular weight excluding hydrogens is 477 g/mol. The summed E-state index contributed by atoms with van der Waals surface area (Å²) in [4.78, 5) is 20.8. The number of rotatable bonds is 8. The quantitative estimate of drug-likeness (QED) is 0.240. The van der Waals surface area contributed by atoms with Crippen LogP contribution in [-0.2, 0) is 9.53 Å². The van der Waals surface area contributed by atoms with Crippen molar-refractivity contribution >= 4 is 47.2 Å². The summed E-state index contributed by atoms with van der Waals surface area (Å²) in [5.41, 5.74) is 1.36. The number of piperazine rings is 1. The van der Waals surface area contributed by atoms with E-state index in [9.17, 15) is 4.79 Å². The number of halogens is 1. The van der Waals surface area contributed by atoms with Crippen molar-refractivity contribution in [2.24, 2.45) is 4.99 Å². The van der Waals surface area contributed by atoms with Crippen LogP contribution in [0.3, 0.4) is 0 Å². The Balaban J connectivity index is 0.00000364. The van der Waals surface area contributed by atoms with Gasteiger partial charge < -0.3 is 20.3 Å². The van der Waals surface area contributed by atoms with E-state index in [4.69, 9.17) is 4.74 Å². The Kier molecular flexibility index (Phi) is 11.9.